The van der Waals surface area contributed by atoms with Crippen LogP contribution in [0.4, 0.5) is 5.69 Å². The molecule has 0 radical (unpaired) electrons. The van der Waals surface area contributed by atoms with Gasteiger partial charge in [0, 0.05) is 10.2 Å². The fourth-order valence-corrected chi connectivity index (χ4v) is 4.01. The SMILES string of the molecule is COC(=O)[C@@H]1[C@H]2C(=O)N(c3ccc(Br)cc3)C[C@]23C=C[C@H]1O3. The van der Waals surface area contributed by atoms with Crippen molar-refractivity contribution in [3.05, 3.63) is 40.9 Å². The Morgan fingerprint density at radius 1 is 1.41 bits per heavy atom. The van der Waals surface area contributed by atoms with Crippen LogP contribution in [0.3, 0.4) is 0 Å². The van der Waals surface area contributed by atoms with Gasteiger partial charge in [-0.25, -0.2) is 0 Å². The fourth-order valence-electron chi connectivity index (χ4n) is 3.74. The van der Waals surface area contributed by atoms with E-state index in [1.807, 2.05) is 36.4 Å². The molecule has 4 rings (SSSR count). The average molecular weight is 364 g/mol. The van der Waals surface area contributed by atoms with Crippen LogP contribution >= 0.6 is 15.9 Å². The maximum Gasteiger partial charge on any atom is 0.312 e. The molecular weight excluding hydrogens is 350 g/mol. The summed E-state index contributed by atoms with van der Waals surface area (Å²) in [6, 6.07) is 7.53. The standard InChI is InChI=1S/C16H14BrNO4/c1-21-15(20)12-11-6-7-16(22-11)8-18(14(19)13(12)16)10-4-2-9(17)3-5-10/h2-7,11-13H,8H2,1H3/t11-,12+,13+,16-/m1/s1. The molecule has 0 aromatic heterocycles. The fraction of sp³-hybridized carbons (Fsp3) is 0.375. The number of methoxy groups -OCH3 is 1. The van der Waals surface area contributed by atoms with Gasteiger partial charge in [0.2, 0.25) is 5.91 Å². The van der Waals surface area contributed by atoms with Gasteiger partial charge >= 0.3 is 5.97 Å². The number of nitrogens with zero attached hydrogens (tertiary/aromatic N) is 1. The molecule has 22 heavy (non-hydrogen) atoms. The average Bonchev–Trinajstić information content (AvgIpc) is 3.16. The predicted octanol–water partition coefficient (Wildman–Crippen LogP) is 1.91. The zero-order valence-electron chi connectivity index (χ0n) is 11.9. The number of rotatable bonds is 2. The van der Waals surface area contributed by atoms with Gasteiger partial charge in [-0.1, -0.05) is 28.1 Å². The van der Waals surface area contributed by atoms with E-state index in [1.54, 1.807) is 4.90 Å². The number of carbonyl (C=O) groups excluding carboxylic acids is 2. The Morgan fingerprint density at radius 3 is 2.82 bits per heavy atom. The molecule has 1 amide bonds. The topological polar surface area (TPSA) is 55.8 Å². The Morgan fingerprint density at radius 2 is 2.14 bits per heavy atom. The summed E-state index contributed by atoms with van der Waals surface area (Å²) in [4.78, 5) is 26.6. The van der Waals surface area contributed by atoms with Crippen LogP contribution in [0.1, 0.15) is 0 Å². The number of fused-ring (bicyclic) bond motifs is 1. The smallest absolute Gasteiger partial charge is 0.312 e. The van der Waals surface area contributed by atoms with E-state index in [0.717, 1.165) is 10.2 Å². The molecule has 0 N–H and O–H groups in total. The first-order valence-corrected chi connectivity index (χ1v) is 7.87. The lowest BCUT2D eigenvalue weighted by molar-refractivity contribution is -0.149. The van der Waals surface area contributed by atoms with E-state index in [4.69, 9.17) is 9.47 Å². The summed E-state index contributed by atoms with van der Waals surface area (Å²) in [5, 5.41) is 0. The second-order valence-corrected chi connectivity index (χ2v) is 6.74. The van der Waals surface area contributed by atoms with E-state index in [-0.39, 0.29) is 18.0 Å². The van der Waals surface area contributed by atoms with Crippen molar-refractivity contribution in [1.29, 1.82) is 0 Å². The Kier molecular flexibility index (Phi) is 2.96. The number of esters is 1. The summed E-state index contributed by atoms with van der Waals surface area (Å²) >= 11 is 3.39. The lowest BCUT2D eigenvalue weighted by Crippen LogP contribution is -2.39. The number of ether oxygens (including phenoxy) is 2. The lowest BCUT2D eigenvalue weighted by Gasteiger charge is -2.22. The Hall–Kier alpha value is -1.66. The maximum absolute atomic E-state index is 12.9. The van der Waals surface area contributed by atoms with Crippen LogP contribution in [0.5, 0.6) is 0 Å². The summed E-state index contributed by atoms with van der Waals surface area (Å²) < 4.78 is 11.8. The molecule has 4 atom stereocenters. The number of hydrogen-bond donors (Lipinski definition) is 0. The van der Waals surface area contributed by atoms with Gasteiger partial charge in [0.05, 0.1) is 25.7 Å². The van der Waals surface area contributed by atoms with Crippen LogP contribution in [-0.2, 0) is 19.1 Å². The first-order chi connectivity index (χ1) is 10.6. The van der Waals surface area contributed by atoms with E-state index < -0.39 is 17.4 Å². The number of hydrogen-bond acceptors (Lipinski definition) is 4. The van der Waals surface area contributed by atoms with E-state index in [0.29, 0.717) is 6.54 Å². The summed E-state index contributed by atoms with van der Waals surface area (Å²) in [6.45, 7) is 0.429. The summed E-state index contributed by atoms with van der Waals surface area (Å²) in [5.41, 5.74) is 0.106. The quantitative estimate of drug-likeness (QED) is 0.594. The van der Waals surface area contributed by atoms with Crippen molar-refractivity contribution in [2.24, 2.45) is 11.8 Å². The molecule has 1 spiro atoms. The molecule has 1 aromatic carbocycles. The van der Waals surface area contributed by atoms with E-state index >= 15 is 0 Å². The van der Waals surface area contributed by atoms with Gasteiger partial charge in [0.1, 0.15) is 11.5 Å². The van der Waals surface area contributed by atoms with Gasteiger partial charge in [0.15, 0.2) is 0 Å². The molecule has 5 nitrogen and oxygen atoms in total. The van der Waals surface area contributed by atoms with Crippen molar-refractivity contribution >= 4 is 33.5 Å². The van der Waals surface area contributed by atoms with Gasteiger partial charge in [-0.15, -0.1) is 0 Å². The van der Waals surface area contributed by atoms with Gasteiger partial charge in [-0.3, -0.25) is 9.59 Å². The molecule has 0 unspecified atom stereocenters. The van der Waals surface area contributed by atoms with Gasteiger partial charge in [-0.2, -0.15) is 0 Å². The first kappa shape index (κ1) is 14.0. The highest BCUT2D eigenvalue weighted by molar-refractivity contribution is 9.10. The highest BCUT2D eigenvalue weighted by atomic mass is 79.9. The number of anilines is 1. The minimum atomic E-state index is -0.701. The van der Waals surface area contributed by atoms with E-state index in [9.17, 15) is 9.59 Å². The van der Waals surface area contributed by atoms with Crippen LogP contribution in [0, 0.1) is 11.8 Å². The molecule has 6 heteroatoms. The Bertz CT molecular complexity index is 686. The maximum atomic E-state index is 12.9. The normalized spacial score (nSPS) is 35.1. The van der Waals surface area contributed by atoms with Crippen molar-refractivity contribution in [1.82, 2.24) is 0 Å². The van der Waals surface area contributed by atoms with Crippen LogP contribution < -0.4 is 4.90 Å². The molecule has 0 aliphatic carbocycles. The molecular formula is C16H14BrNO4. The van der Waals surface area contributed by atoms with Crippen molar-refractivity contribution < 1.29 is 19.1 Å². The van der Waals surface area contributed by atoms with Gasteiger partial charge in [0.25, 0.3) is 0 Å². The monoisotopic (exact) mass is 363 g/mol. The van der Waals surface area contributed by atoms with Gasteiger partial charge in [-0.05, 0) is 24.3 Å². The van der Waals surface area contributed by atoms with Crippen LogP contribution in [0.2, 0.25) is 0 Å². The van der Waals surface area contributed by atoms with Crippen LogP contribution in [0.15, 0.2) is 40.9 Å². The molecule has 3 aliphatic heterocycles. The highest BCUT2D eigenvalue weighted by Crippen LogP contribution is 2.52. The molecule has 3 heterocycles. The Balaban J connectivity index is 1.71. The number of amides is 1. The van der Waals surface area contributed by atoms with Crippen molar-refractivity contribution in [3.8, 4) is 0 Å². The molecule has 2 saturated heterocycles. The molecule has 1 aromatic rings. The molecule has 0 saturated carbocycles. The van der Waals surface area contributed by atoms with Gasteiger partial charge < -0.3 is 14.4 Å². The third-order valence-corrected chi connectivity index (χ3v) is 5.24. The second-order valence-electron chi connectivity index (χ2n) is 5.82. The zero-order chi connectivity index (χ0) is 15.5. The number of carbonyl (C=O) groups is 2. The van der Waals surface area contributed by atoms with Crippen molar-refractivity contribution in [3.63, 3.8) is 0 Å². The molecule has 2 fully saturated rings. The highest BCUT2D eigenvalue weighted by Gasteiger charge is 2.67. The van der Waals surface area contributed by atoms with Crippen LogP contribution in [0.25, 0.3) is 0 Å². The molecule has 2 bridgehead atoms. The third-order valence-electron chi connectivity index (χ3n) is 4.71. The first-order valence-electron chi connectivity index (χ1n) is 7.08. The molecule has 3 aliphatic rings. The lowest BCUT2D eigenvalue weighted by atomic mass is 9.77. The number of benzene rings is 1. The Labute approximate surface area is 136 Å². The summed E-state index contributed by atoms with van der Waals surface area (Å²) in [7, 11) is 1.34. The summed E-state index contributed by atoms with van der Waals surface area (Å²) in [6.07, 6.45) is 3.45. The molecule has 114 valence electrons. The predicted molar refractivity (Wildman–Crippen MR) is 82.2 cm³/mol. The zero-order valence-corrected chi connectivity index (χ0v) is 13.4. The third kappa shape index (κ3) is 1.74. The largest absolute Gasteiger partial charge is 0.469 e. The van der Waals surface area contributed by atoms with E-state index in [1.165, 1.54) is 7.11 Å². The minimum absolute atomic E-state index is 0.0791. The minimum Gasteiger partial charge on any atom is -0.469 e. The number of halogens is 1. The second kappa shape index (κ2) is 4.67. The summed E-state index contributed by atoms with van der Waals surface area (Å²) in [5.74, 6) is -1.52. The van der Waals surface area contributed by atoms with Crippen LogP contribution in [-0.4, -0.2) is 37.2 Å². The van der Waals surface area contributed by atoms with Crippen molar-refractivity contribution in [2.45, 2.75) is 11.7 Å². The van der Waals surface area contributed by atoms with Crippen molar-refractivity contribution in [2.75, 3.05) is 18.6 Å². The van der Waals surface area contributed by atoms with E-state index in [2.05, 4.69) is 15.9 Å².